The second kappa shape index (κ2) is 5.80. The topological polar surface area (TPSA) is 55.4 Å². The van der Waals surface area contributed by atoms with Crippen molar-refractivity contribution in [3.8, 4) is 0 Å². The van der Waals surface area contributed by atoms with E-state index in [9.17, 15) is 9.59 Å². The van der Waals surface area contributed by atoms with E-state index in [1.807, 2.05) is 24.3 Å². The summed E-state index contributed by atoms with van der Waals surface area (Å²) in [6.07, 6.45) is 2.35. The molecule has 0 saturated carbocycles. The predicted octanol–water partition coefficient (Wildman–Crippen LogP) is 1.86. The number of esters is 1. The highest BCUT2D eigenvalue weighted by Gasteiger charge is 2.32. The molecule has 1 aliphatic heterocycles. The van der Waals surface area contributed by atoms with E-state index in [0.29, 0.717) is 6.42 Å². The van der Waals surface area contributed by atoms with E-state index in [2.05, 4.69) is 11.9 Å². The van der Waals surface area contributed by atoms with Crippen molar-refractivity contribution in [2.75, 3.05) is 7.11 Å². The SMILES string of the molecule is C=Cc1cccc([C@H]2CC(=O)C[C@@H](C(=O)OC)N2)c1. The predicted molar refractivity (Wildman–Crippen MR) is 72.5 cm³/mol. The van der Waals surface area contributed by atoms with Crippen LogP contribution in [-0.2, 0) is 14.3 Å². The van der Waals surface area contributed by atoms with Crippen LogP contribution < -0.4 is 5.32 Å². The molecule has 4 nitrogen and oxygen atoms in total. The third-order valence-electron chi connectivity index (χ3n) is 3.30. The molecule has 1 saturated heterocycles. The number of Topliss-reactive ketones (excluding diaryl/α,β-unsaturated/α-hetero) is 1. The first kappa shape index (κ1) is 13.5. The molecule has 2 atom stereocenters. The van der Waals surface area contributed by atoms with Gasteiger partial charge in [0, 0.05) is 18.9 Å². The number of benzene rings is 1. The number of nitrogens with one attached hydrogen (secondary N) is 1. The van der Waals surface area contributed by atoms with Gasteiger partial charge in [-0.25, -0.2) is 0 Å². The highest BCUT2D eigenvalue weighted by Crippen LogP contribution is 2.25. The van der Waals surface area contributed by atoms with Crippen molar-refractivity contribution < 1.29 is 14.3 Å². The molecular weight excluding hydrogens is 242 g/mol. The number of piperidine rings is 1. The Kier molecular flexibility index (Phi) is 4.12. The van der Waals surface area contributed by atoms with Gasteiger partial charge in [0.15, 0.2) is 0 Å². The van der Waals surface area contributed by atoms with Crippen LogP contribution in [0.5, 0.6) is 0 Å². The van der Waals surface area contributed by atoms with E-state index in [1.54, 1.807) is 6.08 Å². The van der Waals surface area contributed by atoms with Crippen LogP contribution in [0.15, 0.2) is 30.8 Å². The molecule has 0 amide bonds. The Morgan fingerprint density at radius 3 is 2.95 bits per heavy atom. The molecule has 19 heavy (non-hydrogen) atoms. The minimum Gasteiger partial charge on any atom is -0.468 e. The third-order valence-corrected chi connectivity index (χ3v) is 3.30. The van der Waals surface area contributed by atoms with Crippen LogP contribution in [0.3, 0.4) is 0 Å². The van der Waals surface area contributed by atoms with Crippen LogP contribution in [0.25, 0.3) is 6.08 Å². The standard InChI is InChI=1S/C15H17NO3/c1-3-10-5-4-6-11(7-10)13-8-12(17)9-14(16-13)15(18)19-2/h3-7,13-14,16H,1,8-9H2,2H3/t13-,14+/m1/s1. The van der Waals surface area contributed by atoms with Crippen LogP contribution in [0.1, 0.15) is 30.0 Å². The molecule has 0 unspecified atom stereocenters. The average molecular weight is 259 g/mol. The molecule has 0 aliphatic carbocycles. The molecule has 0 aromatic heterocycles. The summed E-state index contributed by atoms with van der Waals surface area (Å²) in [6, 6.07) is 7.07. The number of hydrogen-bond donors (Lipinski definition) is 1. The van der Waals surface area contributed by atoms with Crippen molar-refractivity contribution in [3.63, 3.8) is 0 Å². The van der Waals surface area contributed by atoms with Crippen LogP contribution in [-0.4, -0.2) is 24.9 Å². The van der Waals surface area contributed by atoms with E-state index in [0.717, 1.165) is 11.1 Å². The average Bonchev–Trinajstić information content (AvgIpc) is 2.45. The van der Waals surface area contributed by atoms with Crippen LogP contribution in [0.4, 0.5) is 0 Å². The fourth-order valence-electron chi connectivity index (χ4n) is 2.31. The number of carbonyl (C=O) groups is 2. The molecular formula is C15H17NO3. The molecule has 1 fully saturated rings. The smallest absolute Gasteiger partial charge is 0.323 e. The van der Waals surface area contributed by atoms with E-state index in [1.165, 1.54) is 7.11 Å². The number of ether oxygens (including phenoxy) is 1. The molecule has 0 spiro atoms. The Labute approximate surface area is 112 Å². The quantitative estimate of drug-likeness (QED) is 0.842. The normalized spacial score (nSPS) is 22.9. The number of carbonyl (C=O) groups excluding carboxylic acids is 2. The van der Waals surface area contributed by atoms with Gasteiger partial charge >= 0.3 is 5.97 Å². The fourth-order valence-corrected chi connectivity index (χ4v) is 2.31. The second-order valence-corrected chi connectivity index (χ2v) is 4.62. The van der Waals surface area contributed by atoms with Gasteiger partial charge < -0.3 is 4.74 Å². The van der Waals surface area contributed by atoms with E-state index in [4.69, 9.17) is 4.74 Å². The minimum atomic E-state index is -0.552. The molecule has 1 heterocycles. The Hall–Kier alpha value is -1.94. The summed E-state index contributed by atoms with van der Waals surface area (Å²) in [6.45, 7) is 3.73. The van der Waals surface area contributed by atoms with Gasteiger partial charge in [0.05, 0.1) is 7.11 Å². The van der Waals surface area contributed by atoms with Gasteiger partial charge in [-0.1, -0.05) is 36.9 Å². The lowest BCUT2D eigenvalue weighted by Crippen LogP contribution is -2.46. The lowest BCUT2D eigenvalue weighted by Gasteiger charge is -2.29. The van der Waals surface area contributed by atoms with Gasteiger partial charge in [0.2, 0.25) is 0 Å². The summed E-state index contributed by atoms with van der Waals surface area (Å²) in [5.74, 6) is -0.318. The molecule has 100 valence electrons. The summed E-state index contributed by atoms with van der Waals surface area (Å²) in [5.41, 5.74) is 1.98. The van der Waals surface area contributed by atoms with E-state index >= 15 is 0 Å². The zero-order chi connectivity index (χ0) is 13.8. The Bertz CT molecular complexity index is 510. The summed E-state index contributed by atoms with van der Waals surface area (Å²) in [7, 11) is 1.33. The van der Waals surface area contributed by atoms with Crippen molar-refractivity contribution >= 4 is 17.8 Å². The van der Waals surface area contributed by atoms with Crippen LogP contribution in [0, 0.1) is 0 Å². The summed E-state index contributed by atoms with van der Waals surface area (Å²) in [4.78, 5) is 23.3. The minimum absolute atomic E-state index is 0.0724. The van der Waals surface area contributed by atoms with Gasteiger partial charge in [-0.15, -0.1) is 0 Å². The van der Waals surface area contributed by atoms with Crippen molar-refractivity contribution in [1.82, 2.24) is 5.32 Å². The zero-order valence-electron chi connectivity index (χ0n) is 10.9. The Morgan fingerprint density at radius 1 is 1.47 bits per heavy atom. The van der Waals surface area contributed by atoms with Gasteiger partial charge in [-0.05, 0) is 11.1 Å². The molecule has 1 aliphatic rings. The first-order valence-corrected chi connectivity index (χ1v) is 6.22. The van der Waals surface area contributed by atoms with Crippen LogP contribution >= 0.6 is 0 Å². The molecule has 0 bridgehead atoms. The summed E-state index contributed by atoms with van der Waals surface area (Å²) < 4.78 is 4.70. The largest absolute Gasteiger partial charge is 0.468 e. The van der Waals surface area contributed by atoms with Gasteiger partial charge in [0.1, 0.15) is 11.8 Å². The first-order valence-electron chi connectivity index (χ1n) is 6.22. The number of methoxy groups -OCH3 is 1. The lowest BCUT2D eigenvalue weighted by molar-refractivity contribution is -0.146. The fraction of sp³-hybridized carbons (Fsp3) is 0.333. The molecule has 4 heteroatoms. The maximum atomic E-state index is 11.8. The van der Waals surface area contributed by atoms with Crippen molar-refractivity contribution in [2.24, 2.45) is 0 Å². The third kappa shape index (κ3) is 3.09. The molecule has 1 aromatic rings. The Balaban J connectivity index is 2.21. The summed E-state index contributed by atoms with van der Waals surface area (Å²) in [5, 5.41) is 3.17. The Morgan fingerprint density at radius 2 is 2.26 bits per heavy atom. The number of hydrogen-bond acceptors (Lipinski definition) is 4. The molecule has 1 N–H and O–H groups in total. The number of ketones is 1. The van der Waals surface area contributed by atoms with Crippen LogP contribution in [0.2, 0.25) is 0 Å². The molecule has 2 rings (SSSR count). The van der Waals surface area contributed by atoms with E-state index < -0.39 is 12.0 Å². The highest BCUT2D eigenvalue weighted by atomic mass is 16.5. The number of rotatable bonds is 3. The van der Waals surface area contributed by atoms with E-state index in [-0.39, 0.29) is 18.2 Å². The van der Waals surface area contributed by atoms with Crippen molar-refractivity contribution in [1.29, 1.82) is 0 Å². The maximum Gasteiger partial charge on any atom is 0.323 e. The van der Waals surface area contributed by atoms with Crippen molar-refractivity contribution in [2.45, 2.75) is 24.9 Å². The summed E-state index contributed by atoms with van der Waals surface area (Å²) >= 11 is 0. The molecule has 1 aromatic carbocycles. The molecule has 0 radical (unpaired) electrons. The highest BCUT2D eigenvalue weighted by molar-refractivity contribution is 5.88. The lowest BCUT2D eigenvalue weighted by atomic mass is 9.91. The second-order valence-electron chi connectivity index (χ2n) is 4.62. The monoisotopic (exact) mass is 259 g/mol. The van der Waals surface area contributed by atoms with Gasteiger partial charge in [0.25, 0.3) is 0 Å². The van der Waals surface area contributed by atoms with Crippen molar-refractivity contribution in [3.05, 3.63) is 42.0 Å². The zero-order valence-corrected chi connectivity index (χ0v) is 10.9. The first-order chi connectivity index (χ1) is 9.13. The maximum absolute atomic E-state index is 11.8. The van der Waals surface area contributed by atoms with Gasteiger partial charge in [-0.2, -0.15) is 0 Å². The van der Waals surface area contributed by atoms with Gasteiger partial charge in [-0.3, -0.25) is 14.9 Å².